The molecule has 1 heterocycles. The fraction of sp³-hybridized carbons (Fsp3) is 0.750. The maximum absolute atomic E-state index is 11.6. The van der Waals surface area contributed by atoms with Crippen molar-refractivity contribution in [3.8, 4) is 0 Å². The second-order valence-electron chi connectivity index (χ2n) is 4.98. The fourth-order valence-corrected chi connectivity index (χ4v) is 2.25. The average molecular weight is 286 g/mol. The summed E-state index contributed by atoms with van der Waals surface area (Å²) < 4.78 is 10.2. The molecular formula is C12H18N2O6. The van der Waals surface area contributed by atoms with Crippen LogP contribution in [0.2, 0.25) is 0 Å². The predicted octanol–water partition coefficient (Wildman–Crippen LogP) is -0.519. The molecule has 2 fully saturated rings. The number of urea groups is 1. The normalized spacial score (nSPS) is 25.2. The molecule has 2 aliphatic rings. The molecular weight excluding hydrogens is 268 g/mol. The SMILES string of the molecule is O=C(O)COCC(=O)NC(=O)NC1CCOC1C1CC1. The van der Waals surface area contributed by atoms with Gasteiger partial charge >= 0.3 is 12.0 Å². The highest BCUT2D eigenvalue weighted by molar-refractivity contribution is 5.95. The molecule has 3 amide bonds. The second-order valence-corrected chi connectivity index (χ2v) is 4.98. The van der Waals surface area contributed by atoms with Crippen LogP contribution in [0.1, 0.15) is 19.3 Å². The summed E-state index contributed by atoms with van der Waals surface area (Å²) >= 11 is 0. The summed E-state index contributed by atoms with van der Waals surface area (Å²) in [5.41, 5.74) is 0. The van der Waals surface area contributed by atoms with E-state index in [1.807, 2.05) is 0 Å². The van der Waals surface area contributed by atoms with E-state index in [-0.39, 0.29) is 12.1 Å². The molecule has 1 saturated carbocycles. The Kier molecular flexibility index (Phi) is 4.91. The highest BCUT2D eigenvalue weighted by Crippen LogP contribution is 2.38. The van der Waals surface area contributed by atoms with E-state index in [0.717, 1.165) is 19.3 Å². The molecule has 0 bridgehead atoms. The van der Waals surface area contributed by atoms with E-state index in [0.29, 0.717) is 12.5 Å². The first kappa shape index (κ1) is 14.7. The number of carbonyl (C=O) groups excluding carboxylic acids is 2. The van der Waals surface area contributed by atoms with Crippen molar-refractivity contribution in [2.24, 2.45) is 5.92 Å². The lowest BCUT2D eigenvalue weighted by molar-refractivity contribution is -0.143. The summed E-state index contributed by atoms with van der Waals surface area (Å²) in [5.74, 6) is -1.33. The van der Waals surface area contributed by atoms with Gasteiger partial charge in [-0.05, 0) is 25.2 Å². The number of carboxylic acid groups (broad SMARTS) is 1. The number of nitrogens with one attached hydrogen (secondary N) is 2. The standard InChI is InChI=1S/C12H18N2O6/c15-9(5-19-6-10(16)17)14-12(18)13-8-3-4-20-11(8)7-1-2-7/h7-8,11H,1-6H2,(H,16,17)(H2,13,14,15,18). The van der Waals surface area contributed by atoms with Gasteiger partial charge in [0.15, 0.2) is 0 Å². The van der Waals surface area contributed by atoms with Gasteiger partial charge < -0.3 is 19.9 Å². The van der Waals surface area contributed by atoms with Gasteiger partial charge in [-0.25, -0.2) is 9.59 Å². The Morgan fingerprint density at radius 3 is 2.60 bits per heavy atom. The smallest absolute Gasteiger partial charge is 0.329 e. The summed E-state index contributed by atoms with van der Waals surface area (Å²) in [4.78, 5) is 33.1. The van der Waals surface area contributed by atoms with Crippen molar-refractivity contribution in [3.63, 3.8) is 0 Å². The van der Waals surface area contributed by atoms with E-state index >= 15 is 0 Å². The lowest BCUT2D eigenvalue weighted by atomic mass is 10.1. The molecule has 112 valence electrons. The van der Waals surface area contributed by atoms with E-state index in [1.54, 1.807) is 0 Å². The first-order chi connectivity index (χ1) is 9.56. The van der Waals surface area contributed by atoms with E-state index in [1.165, 1.54) is 0 Å². The highest BCUT2D eigenvalue weighted by atomic mass is 16.5. The van der Waals surface area contributed by atoms with E-state index in [2.05, 4.69) is 15.4 Å². The van der Waals surface area contributed by atoms with Crippen LogP contribution in [0.15, 0.2) is 0 Å². The molecule has 1 saturated heterocycles. The Morgan fingerprint density at radius 1 is 1.20 bits per heavy atom. The van der Waals surface area contributed by atoms with Gasteiger partial charge in [-0.15, -0.1) is 0 Å². The topological polar surface area (TPSA) is 114 Å². The van der Waals surface area contributed by atoms with Gasteiger partial charge in [0, 0.05) is 6.61 Å². The molecule has 8 nitrogen and oxygen atoms in total. The number of amides is 3. The molecule has 1 aliphatic carbocycles. The third kappa shape index (κ3) is 4.46. The minimum Gasteiger partial charge on any atom is -0.480 e. The first-order valence-corrected chi connectivity index (χ1v) is 6.57. The third-order valence-electron chi connectivity index (χ3n) is 3.25. The van der Waals surface area contributed by atoms with Crippen LogP contribution in [0.5, 0.6) is 0 Å². The molecule has 2 unspecified atom stereocenters. The van der Waals surface area contributed by atoms with Gasteiger partial charge in [0.25, 0.3) is 5.91 Å². The van der Waals surface area contributed by atoms with Crippen LogP contribution in [0, 0.1) is 5.92 Å². The zero-order valence-electron chi connectivity index (χ0n) is 11.0. The molecule has 3 N–H and O–H groups in total. The molecule has 0 aromatic heterocycles. The number of ether oxygens (including phenoxy) is 2. The van der Waals surface area contributed by atoms with Crippen molar-refractivity contribution in [3.05, 3.63) is 0 Å². The zero-order chi connectivity index (χ0) is 14.5. The van der Waals surface area contributed by atoms with E-state index in [4.69, 9.17) is 9.84 Å². The summed E-state index contributed by atoms with van der Waals surface area (Å²) in [5, 5.41) is 13.1. The van der Waals surface area contributed by atoms with Gasteiger partial charge in [0.1, 0.15) is 13.2 Å². The van der Waals surface area contributed by atoms with Crippen LogP contribution < -0.4 is 10.6 Å². The molecule has 2 atom stereocenters. The van der Waals surface area contributed by atoms with Crippen molar-refractivity contribution in [1.29, 1.82) is 0 Å². The number of imide groups is 1. The summed E-state index contributed by atoms with van der Waals surface area (Å²) in [7, 11) is 0. The molecule has 0 spiro atoms. The molecule has 0 aromatic carbocycles. The monoisotopic (exact) mass is 286 g/mol. The average Bonchev–Trinajstić information content (AvgIpc) is 3.10. The van der Waals surface area contributed by atoms with Crippen molar-refractivity contribution in [2.45, 2.75) is 31.4 Å². The van der Waals surface area contributed by atoms with Gasteiger partial charge in [0.05, 0.1) is 12.1 Å². The van der Waals surface area contributed by atoms with Gasteiger partial charge in [-0.3, -0.25) is 10.1 Å². The Hall–Kier alpha value is -1.67. The number of rotatable bonds is 6. The van der Waals surface area contributed by atoms with Crippen LogP contribution in [-0.2, 0) is 19.1 Å². The van der Waals surface area contributed by atoms with Crippen LogP contribution in [0.3, 0.4) is 0 Å². The Bertz CT molecular complexity index is 395. The Morgan fingerprint density at radius 2 is 1.95 bits per heavy atom. The van der Waals surface area contributed by atoms with Crippen molar-refractivity contribution < 1.29 is 29.0 Å². The number of hydrogen-bond donors (Lipinski definition) is 3. The molecule has 20 heavy (non-hydrogen) atoms. The minimum absolute atomic E-state index is 0.0408. The molecule has 8 heteroatoms. The van der Waals surface area contributed by atoms with Crippen molar-refractivity contribution >= 4 is 17.9 Å². The quantitative estimate of drug-likeness (QED) is 0.605. The van der Waals surface area contributed by atoms with Crippen molar-refractivity contribution in [2.75, 3.05) is 19.8 Å². The van der Waals surface area contributed by atoms with Crippen LogP contribution >= 0.6 is 0 Å². The van der Waals surface area contributed by atoms with Gasteiger partial charge in [0.2, 0.25) is 0 Å². The predicted molar refractivity (Wildman–Crippen MR) is 66.0 cm³/mol. The third-order valence-corrected chi connectivity index (χ3v) is 3.25. The number of carbonyl (C=O) groups is 3. The van der Waals surface area contributed by atoms with Crippen molar-refractivity contribution in [1.82, 2.24) is 10.6 Å². The lowest BCUT2D eigenvalue weighted by Gasteiger charge is -2.19. The molecule has 0 aromatic rings. The second kappa shape index (κ2) is 6.67. The summed E-state index contributed by atoms with van der Waals surface area (Å²) in [6.07, 6.45) is 3.01. The van der Waals surface area contributed by atoms with Crippen LogP contribution in [0.4, 0.5) is 4.79 Å². The highest BCUT2D eigenvalue weighted by Gasteiger charge is 2.41. The van der Waals surface area contributed by atoms with Crippen LogP contribution in [-0.4, -0.2) is 55.0 Å². The van der Waals surface area contributed by atoms with Gasteiger partial charge in [-0.1, -0.05) is 0 Å². The summed E-state index contributed by atoms with van der Waals surface area (Å²) in [6.45, 7) is -0.427. The maximum atomic E-state index is 11.6. The van der Waals surface area contributed by atoms with E-state index in [9.17, 15) is 14.4 Å². The maximum Gasteiger partial charge on any atom is 0.329 e. The molecule has 0 radical (unpaired) electrons. The Labute approximate surface area is 115 Å². The molecule has 2 rings (SSSR count). The first-order valence-electron chi connectivity index (χ1n) is 6.57. The van der Waals surface area contributed by atoms with Gasteiger partial charge in [-0.2, -0.15) is 0 Å². The molecule has 1 aliphatic heterocycles. The minimum atomic E-state index is -1.17. The number of aliphatic carboxylic acids is 1. The van der Waals surface area contributed by atoms with E-state index < -0.39 is 31.1 Å². The summed E-state index contributed by atoms with van der Waals surface area (Å²) in [6, 6.07) is -0.676. The number of carboxylic acids is 1. The fourth-order valence-electron chi connectivity index (χ4n) is 2.25. The number of hydrogen-bond acceptors (Lipinski definition) is 5. The largest absolute Gasteiger partial charge is 0.480 e. The van der Waals surface area contributed by atoms with Crippen LogP contribution in [0.25, 0.3) is 0 Å². The zero-order valence-corrected chi connectivity index (χ0v) is 11.0. The Balaban J connectivity index is 1.66. The lowest BCUT2D eigenvalue weighted by Crippen LogP contribution is -2.48.